The van der Waals surface area contributed by atoms with E-state index in [2.05, 4.69) is 10.6 Å². The highest BCUT2D eigenvalue weighted by Gasteiger charge is 2.13. The van der Waals surface area contributed by atoms with Crippen LogP contribution in [0, 0.1) is 0 Å². The van der Waals surface area contributed by atoms with Gasteiger partial charge in [-0.25, -0.2) is 4.79 Å². The van der Waals surface area contributed by atoms with Crippen LogP contribution in [-0.2, 0) is 9.59 Å². The second-order valence-corrected chi connectivity index (χ2v) is 3.50. The molecule has 0 spiro atoms. The summed E-state index contributed by atoms with van der Waals surface area (Å²) in [6.07, 6.45) is 0. The number of aromatic carboxylic acids is 1. The summed E-state index contributed by atoms with van der Waals surface area (Å²) in [4.78, 5) is 33.0. The van der Waals surface area contributed by atoms with Gasteiger partial charge < -0.3 is 21.5 Å². The highest BCUT2D eigenvalue weighted by molar-refractivity contribution is 6.02. The fourth-order valence-electron chi connectivity index (χ4n) is 1.31. The molecule has 0 atom stereocenters. The molecule has 0 aliphatic heterocycles. The zero-order chi connectivity index (χ0) is 13.7. The van der Waals surface area contributed by atoms with Crippen molar-refractivity contribution in [2.75, 3.05) is 17.2 Å². The van der Waals surface area contributed by atoms with E-state index in [1.165, 1.54) is 25.1 Å². The van der Waals surface area contributed by atoms with Crippen LogP contribution < -0.4 is 16.4 Å². The van der Waals surface area contributed by atoms with Crippen LogP contribution in [0.15, 0.2) is 18.2 Å². The molecule has 5 N–H and O–H groups in total. The van der Waals surface area contributed by atoms with Crippen LogP contribution in [0.25, 0.3) is 0 Å². The zero-order valence-electron chi connectivity index (χ0n) is 9.69. The third-order valence-electron chi connectivity index (χ3n) is 2.03. The Bertz CT molecular complexity index is 499. The smallest absolute Gasteiger partial charge is 0.337 e. The van der Waals surface area contributed by atoms with Crippen LogP contribution in [0.5, 0.6) is 0 Å². The van der Waals surface area contributed by atoms with Crippen molar-refractivity contribution in [2.45, 2.75) is 6.92 Å². The van der Waals surface area contributed by atoms with Gasteiger partial charge in [0.2, 0.25) is 11.8 Å². The number of carboxylic acids is 1. The van der Waals surface area contributed by atoms with E-state index in [0.717, 1.165) is 0 Å². The topological polar surface area (TPSA) is 122 Å². The molecule has 0 unspecified atom stereocenters. The first-order valence-electron chi connectivity index (χ1n) is 5.09. The second kappa shape index (κ2) is 5.78. The number of carboxylic acid groups (broad SMARTS) is 1. The first-order chi connectivity index (χ1) is 8.43. The van der Waals surface area contributed by atoms with Gasteiger partial charge in [0.05, 0.1) is 17.8 Å². The summed E-state index contributed by atoms with van der Waals surface area (Å²) in [5.74, 6) is -2.02. The van der Waals surface area contributed by atoms with Gasteiger partial charge in [-0.05, 0) is 18.2 Å². The molecule has 96 valence electrons. The molecule has 1 rings (SSSR count). The summed E-state index contributed by atoms with van der Waals surface area (Å²) < 4.78 is 0. The van der Waals surface area contributed by atoms with Gasteiger partial charge in [0.15, 0.2) is 0 Å². The molecule has 2 amide bonds. The van der Waals surface area contributed by atoms with E-state index in [-0.39, 0.29) is 23.7 Å². The van der Waals surface area contributed by atoms with Gasteiger partial charge in [0.25, 0.3) is 0 Å². The summed E-state index contributed by atoms with van der Waals surface area (Å²) >= 11 is 0. The van der Waals surface area contributed by atoms with Crippen LogP contribution in [0.1, 0.15) is 17.3 Å². The fraction of sp³-hybridized carbons (Fsp3) is 0.182. The van der Waals surface area contributed by atoms with Gasteiger partial charge in [-0.3, -0.25) is 9.59 Å². The zero-order valence-corrected chi connectivity index (χ0v) is 9.69. The van der Waals surface area contributed by atoms with E-state index >= 15 is 0 Å². The Balaban J connectivity index is 3.08. The van der Waals surface area contributed by atoms with Crippen LogP contribution >= 0.6 is 0 Å². The molecule has 1 aromatic carbocycles. The molecule has 0 fully saturated rings. The van der Waals surface area contributed by atoms with Gasteiger partial charge in [0.1, 0.15) is 0 Å². The maximum atomic E-state index is 11.1. The quantitative estimate of drug-likeness (QED) is 0.610. The number of hydrogen-bond acceptors (Lipinski definition) is 4. The van der Waals surface area contributed by atoms with E-state index in [1.54, 1.807) is 0 Å². The lowest BCUT2D eigenvalue weighted by Gasteiger charge is -2.10. The average molecular weight is 251 g/mol. The van der Waals surface area contributed by atoms with Gasteiger partial charge in [0, 0.05) is 12.6 Å². The summed E-state index contributed by atoms with van der Waals surface area (Å²) in [6, 6.07) is 4.14. The Kier molecular flexibility index (Phi) is 4.39. The summed E-state index contributed by atoms with van der Waals surface area (Å²) in [7, 11) is 0. The molecule has 0 aromatic heterocycles. The minimum absolute atomic E-state index is 0.122. The number of amides is 2. The first kappa shape index (κ1) is 13.7. The molecule has 0 bridgehead atoms. The van der Waals surface area contributed by atoms with E-state index < -0.39 is 11.9 Å². The van der Waals surface area contributed by atoms with Crippen LogP contribution in [0.3, 0.4) is 0 Å². The molecule has 0 radical (unpaired) electrons. The van der Waals surface area contributed by atoms with Crippen molar-refractivity contribution in [1.82, 2.24) is 0 Å². The Labute approximate surface area is 103 Å². The largest absolute Gasteiger partial charge is 0.478 e. The third kappa shape index (κ3) is 3.56. The second-order valence-electron chi connectivity index (χ2n) is 3.50. The van der Waals surface area contributed by atoms with E-state index in [1.807, 2.05) is 0 Å². The highest BCUT2D eigenvalue weighted by atomic mass is 16.4. The summed E-state index contributed by atoms with van der Waals surface area (Å²) in [6.45, 7) is 1.07. The van der Waals surface area contributed by atoms with Crippen molar-refractivity contribution < 1.29 is 19.5 Å². The Morgan fingerprint density at radius 3 is 2.44 bits per heavy atom. The normalized spacial score (nSPS) is 9.67. The molecule has 7 heteroatoms. The van der Waals surface area contributed by atoms with Gasteiger partial charge in [-0.1, -0.05) is 0 Å². The predicted octanol–water partition coefficient (Wildman–Crippen LogP) is 0.240. The predicted molar refractivity (Wildman–Crippen MR) is 65.4 cm³/mol. The van der Waals surface area contributed by atoms with E-state index in [9.17, 15) is 14.4 Å². The lowest BCUT2D eigenvalue weighted by molar-refractivity contribution is -0.115. The molecule has 0 aliphatic rings. The van der Waals surface area contributed by atoms with Crippen molar-refractivity contribution in [3.8, 4) is 0 Å². The Hall–Kier alpha value is -2.41. The number of hydrogen-bond donors (Lipinski definition) is 4. The molecule has 0 heterocycles. The Morgan fingerprint density at radius 1 is 1.28 bits per heavy atom. The number of anilines is 2. The SMILES string of the molecule is CC(=O)Nc1ccc(NC(=O)CN)c(C(=O)O)c1. The molecule has 0 aliphatic carbocycles. The van der Waals surface area contributed by atoms with Crippen LogP contribution in [0.4, 0.5) is 11.4 Å². The van der Waals surface area contributed by atoms with Gasteiger partial charge >= 0.3 is 5.97 Å². The van der Waals surface area contributed by atoms with Gasteiger partial charge in [-0.2, -0.15) is 0 Å². The van der Waals surface area contributed by atoms with Crippen molar-refractivity contribution >= 4 is 29.2 Å². The van der Waals surface area contributed by atoms with Crippen molar-refractivity contribution in [3.63, 3.8) is 0 Å². The minimum Gasteiger partial charge on any atom is -0.478 e. The van der Waals surface area contributed by atoms with Crippen molar-refractivity contribution in [3.05, 3.63) is 23.8 Å². The monoisotopic (exact) mass is 251 g/mol. The standard InChI is InChI=1S/C11H13N3O4/c1-6(15)13-7-2-3-9(14-10(16)5-12)8(4-7)11(17)18/h2-4H,5,12H2,1H3,(H,13,15)(H,14,16)(H,17,18). The fourth-order valence-corrected chi connectivity index (χ4v) is 1.31. The first-order valence-corrected chi connectivity index (χ1v) is 5.09. The maximum absolute atomic E-state index is 11.1. The number of nitrogens with one attached hydrogen (secondary N) is 2. The average Bonchev–Trinajstić information content (AvgIpc) is 2.29. The molecular formula is C11H13N3O4. The van der Waals surface area contributed by atoms with E-state index in [4.69, 9.17) is 10.8 Å². The lowest BCUT2D eigenvalue weighted by Crippen LogP contribution is -2.23. The molecule has 1 aromatic rings. The summed E-state index contributed by atoms with van der Waals surface area (Å²) in [5.41, 5.74) is 5.47. The third-order valence-corrected chi connectivity index (χ3v) is 2.03. The number of carbonyl (C=O) groups excluding carboxylic acids is 2. The van der Waals surface area contributed by atoms with Crippen LogP contribution in [-0.4, -0.2) is 29.4 Å². The number of benzene rings is 1. The molecule has 7 nitrogen and oxygen atoms in total. The Morgan fingerprint density at radius 2 is 1.94 bits per heavy atom. The molecule has 0 saturated heterocycles. The van der Waals surface area contributed by atoms with Gasteiger partial charge in [-0.15, -0.1) is 0 Å². The summed E-state index contributed by atoms with van der Waals surface area (Å²) in [5, 5.41) is 13.8. The van der Waals surface area contributed by atoms with Crippen LogP contribution in [0.2, 0.25) is 0 Å². The molecule has 0 saturated carbocycles. The number of nitrogens with two attached hydrogens (primary N) is 1. The minimum atomic E-state index is -1.21. The van der Waals surface area contributed by atoms with E-state index in [0.29, 0.717) is 5.69 Å². The molecular weight excluding hydrogens is 238 g/mol. The highest BCUT2D eigenvalue weighted by Crippen LogP contribution is 2.20. The molecule has 18 heavy (non-hydrogen) atoms. The van der Waals surface area contributed by atoms with Crippen molar-refractivity contribution in [1.29, 1.82) is 0 Å². The maximum Gasteiger partial charge on any atom is 0.337 e. The van der Waals surface area contributed by atoms with Crippen molar-refractivity contribution in [2.24, 2.45) is 5.73 Å². The lowest BCUT2D eigenvalue weighted by atomic mass is 10.1. The number of rotatable bonds is 4. The number of carbonyl (C=O) groups is 3.